The molecular formula is C27H21ClN2O4. The molecule has 34 heavy (non-hydrogen) atoms. The summed E-state index contributed by atoms with van der Waals surface area (Å²) in [4.78, 5) is 12.7. The predicted octanol–water partition coefficient (Wildman–Crippen LogP) is 5.49. The number of halogens is 1. The smallest absolute Gasteiger partial charge is 0.266 e. The number of amides is 1. The minimum atomic E-state index is -0.559. The fraction of sp³-hybridized carbons (Fsp3) is 0.111. The number of nitrogens with zero attached hydrogens (tertiary/aromatic N) is 1. The monoisotopic (exact) mass is 472 g/mol. The number of terminal acetylenes is 1. The van der Waals surface area contributed by atoms with Gasteiger partial charge in [-0.15, -0.1) is 6.42 Å². The van der Waals surface area contributed by atoms with E-state index in [0.29, 0.717) is 40.1 Å². The summed E-state index contributed by atoms with van der Waals surface area (Å²) in [5.74, 6) is 3.43. The third kappa shape index (κ3) is 6.80. The summed E-state index contributed by atoms with van der Waals surface area (Å²) in [6, 6.07) is 21.2. The topological polar surface area (TPSA) is 80.6 Å². The van der Waals surface area contributed by atoms with E-state index in [-0.39, 0.29) is 12.2 Å². The molecule has 0 heterocycles. The molecule has 0 fully saturated rings. The van der Waals surface area contributed by atoms with Crippen LogP contribution in [-0.4, -0.2) is 19.6 Å². The van der Waals surface area contributed by atoms with Crippen molar-refractivity contribution in [3.05, 3.63) is 88.5 Å². The van der Waals surface area contributed by atoms with Gasteiger partial charge < -0.3 is 19.5 Å². The summed E-state index contributed by atoms with van der Waals surface area (Å²) in [7, 11) is 1.53. The number of rotatable bonds is 9. The van der Waals surface area contributed by atoms with Gasteiger partial charge in [-0.2, -0.15) is 5.26 Å². The number of methoxy groups -OCH3 is 1. The highest BCUT2D eigenvalue weighted by Crippen LogP contribution is 2.27. The van der Waals surface area contributed by atoms with Crippen molar-refractivity contribution >= 4 is 29.3 Å². The summed E-state index contributed by atoms with van der Waals surface area (Å²) in [5, 5.41) is 12.9. The Morgan fingerprint density at radius 2 is 1.76 bits per heavy atom. The molecule has 1 N–H and O–H groups in total. The highest BCUT2D eigenvalue weighted by atomic mass is 35.5. The van der Waals surface area contributed by atoms with E-state index in [9.17, 15) is 10.1 Å². The SMILES string of the molecule is C#CCOc1cc(OC)ccc1/C=C(\C#N)C(=O)Nc1ccc(OCc2ccc(Cl)cc2)cc1. The van der Waals surface area contributed by atoms with E-state index >= 15 is 0 Å². The van der Waals surface area contributed by atoms with Crippen LogP contribution < -0.4 is 19.5 Å². The predicted molar refractivity (Wildman–Crippen MR) is 132 cm³/mol. The van der Waals surface area contributed by atoms with Gasteiger partial charge in [-0.05, 0) is 60.2 Å². The van der Waals surface area contributed by atoms with Gasteiger partial charge in [0.25, 0.3) is 5.91 Å². The van der Waals surface area contributed by atoms with E-state index in [1.54, 1.807) is 54.6 Å². The molecule has 0 radical (unpaired) electrons. The summed E-state index contributed by atoms with van der Waals surface area (Å²) < 4.78 is 16.5. The standard InChI is InChI=1S/C27H21ClN2O4/c1-3-14-33-26-16-25(32-2)11-6-20(26)15-21(17-29)27(31)30-23-9-12-24(13-10-23)34-18-19-4-7-22(28)8-5-19/h1,4-13,15-16H,14,18H2,2H3,(H,30,31)/b21-15+. The van der Waals surface area contributed by atoms with Crippen LogP contribution in [0.25, 0.3) is 6.08 Å². The second-order valence-electron chi connectivity index (χ2n) is 6.96. The van der Waals surface area contributed by atoms with Crippen molar-refractivity contribution in [2.24, 2.45) is 0 Å². The van der Waals surface area contributed by atoms with E-state index in [0.717, 1.165) is 5.56 Å². The zero-order valence-electron chi connectivity index (χ0n) is 18.4. The summed E-state index contributed by atoms with van der Waals surface area (Å²) in [6.45, 7) is 0.421. The van der Waals surface area contributed by atoms with Gasteiger partial charge in [0.15, 0.2) is 0 Å². The van der Waals surface area contributed by atoms with Gasteiger partial charge in [0, 0.05) is 22.3 Å². The average molecular weight is 473 g/mol. The van der Waals surface area contributed by atoms with Crippen molar-refractivity contribution < 1.29 is 19.0 Å². The molecule has 170 valence electrons. The number of benzene rings is 3. The van der Waals surface area contributed by atoms with Crippen molar-refractivity contribution in [3.8, 4) is 35.7 Å². The number of anilines is 1. The molecule has 0 aliphatic carbocycles. The molecular weight excluding hydrogens is 452 g/mol. The first-order valence-corrected chi connectivity index (χ1v) is 10.5. The Balaban J connectivity index is 1.68. The first-order chi connectivity index (χ1) is 16.5. The first-order valence-electron chi connectivity index (χ1n) is 10.2. The summed E-state index contributed by atoms with van der Waals surface area (Å²) in [5.41, 5.74) is 1.92. The van der Waals surface area contributed by atoms with Crippen molar-refractivity contribution in [3.63, 3.8) is 0 Å². The first kappa shape index (κ1) is 24.3. The minimum Gasteiger partial charge on any atom is -0.497 e. The summed E-state index contributed by atoms with van der Waals surface area (Å²) in [6.07, 6.45) is 6.71. The Morgan fingerprint density at radius 3 is 2.41 bits per heavy atom. The molecule has 0 atom stereocenters. The number of carbonyl (C=O) groups excluding carboxylic acids is 1. The number of nitrogens with one attached hydrogen (secondary N) is 1. The number of ether oxygens (including phenoxy) is 3. The lowest BCUT2D eigenvalue weighted by Gasteiger charge is -2.10. The molecule has 0 unspecified atom stereocenters. The van der Waals surface area contributed by atoms with Crippen LogP contribution in [0.3, 0.4) is 0 Å². The Kier molecular flexibility index (Phi) is 8.57. The van der Waals surface area contributed by atoms with Crippen LogP contribution in [-0.2, 0) is 11.4 Å². The molecule has 0 saturated carbocycles. The van der Waals surface area contributed by atoms with Crippen LogP contribution in [0, 0.1) is 23.7 Å². The third-order valence-electron chi connectivity index (χ3n) is 4.63. The van der Waals surface area contributed by atoms with Crippen molar-refractivity contribution in [1.82, 2.24) is 0 Å². The Morgan fingerprint density at radius 1 is 1.06 bits per heavy atom. The maximum Gasteiger partial charge on any atom is 0.266 e. The van der Waals surface area contributed by atoms with E-state index in [1.165, 1.54) is 13.2 Å². The number of carbonyl (C=O) groups is 1. The summed E-state index contributed by atoms with van der Waals surface area (Å²) >= 11 is 5.89. The molecule has 0 bridgehead atoms. The van der Waals surface area contributed by atoms with Crippen molar-refractivity contribution in [2.75, 3.05) is 19.0 Å². The molecule has 3 aromatic carbocycles. The number of hydrogen-bond donors (Lipinski definition) is 1. The molecule has 0 saturated heterocycles. The maximum atomic E-state index is 12.7. The van der Waals surface area contributed by atoms with E-state index in [2.05, 4.69) is 11.2 Å². The molecule has 0 aliphatic rings. The van der Waals surface area contributed by atoms with Crippen LogP contribution in [0.1, 0.15) is 11.1 Å². The van der Waals surface area contributed by atoms with E-state index in [1.807, 2.05) is 18.2 Å². The Labute approximate surface area is 203 Å². The van der Waals surface area contributed by atoms with Gasteiger partial charge >= 0.3 is 0 Å². The van der Waals surface area contributed by atoms with E-state index in [4.69, 9.17) is 32.2 Å². The van der Waals surface area contributed by atoms with Crippen LogP contribution in [0.15, 0.2) is 72.3 Å². The highest BCUT2D eigenvalue weighted by Gasteiger charge is 2.12. The fourth-order valence-electron chi connectivity index (χ4n) is 2.89. The Hall–Kier alpha value is -4.39. The average Bonchev–Trinajstić information content (AvgIpc) is 2.86. The van der Waals surface area contributed by atoms with Gasteiger partial charge in [-0.3, -0.25) is 4.79 Å². The lowest BCUT2D eigenvalue weighted by Crippen LogP contribution is -2.13. The van der Waals surface area contributed by atoms with Gasteiger partial charge in [-0.25, -0.2) is 0 Å². The lowest BCUT2D eigenvalue weighted by atomic mass is 10.1. The Bertz CT molecular complexity index is 1250. The second-order valence-corrected chi connectivity index (χ2v) is 7.40. The molecule has 0 spiro atoms. The van der Waals surface area contributed by atoms with Crippen molar-refractivity contribution in [1.29, 1.82) is 5.26 Å². The molecule has 0 aliphatic heterocycles. The second kappa shape index (κ2) is 12.0. The zero-order valence-corrected chi connectivity index (χ0v) is 19.1. The van der Waals surface area contributed by atoms with Gasteiger partial charge in [-0.1, -0.05) is 29.7 Å². The largest absolute Gasteiger partial charge is 0.497 e. The molecule has 0 aromatic heterocycles. The quantitative estimate of drug-likeness (QED) is 0.253. The fourth-order valence-corrected chi connectivity index (χ4v) is 3.02. The van der Waals surface area contributed by atoms with Gasteiger partial charge in [0.2, 0.25) is 0 Å². The maximum absolute atomic E-state index is 12.7. The highest BCUT2D eigenvalue weighted by molar-refractivity contribution is 6.30. The molecule has 1 amide bonds. The van der Waals surface area contributed by atoms with Gasteiger partial charge in [0.05, 0.1) is 7.11 Å². The number of nitriles is 1. The molecule has 7 heteroatoms. The number of hydrogen-bond acceptors (Lipinski definition) is 5. The van der Waals surface area contributed by atoms with Crippen LogP contribution >= 0.6 is 11.6 Å². The normalized spacial score (nSPS) is 10.5. The van der Waals surface area contributed by atoms with E-state index < -0.39 is 5.91 Å². The molecule has 6 nitrogen and oxygen atoms in total. The van der Waals surface area contributed by atoms with Gasteiger partial charge in [0.1, 0.15) is 42.1 Å². The van der Waals surface area contributed by atoms with Crippen molar-refractivity contribution in [2.45, 2.75) is 6.61 Å². The van der Waals surface area contributed by atoms with Crippen LogP contribution in [0.4, 0.5) is 5.69 Å². The minimum absolute atomic E-state index is 0.0362. The lowest BCUT2D eigenvalue weighted by molar-refractivity contribution is -0.112. The van der Waals surface area contributed by atoms with Crippen LogP contribution in [0.2, 0.25) is 5.02 Å². The molecule has 3 rings (SSSR count). The zero-order chi connectivity index (χ0) is 24.3. The van der Waals surface area contributed by atoms with Crippen LogP contribution in [0.5, 0.6) is 17.2 Å². The molecule has 3 aromatic rings. The third-order valence-corrected chi connectivity index (χ3v) is 4.88.